The molecule has 6 aromatic rings. The molecule has 2 aliphatic carbocycles. The zero-order chi connectivity index (χ0) is 27.9. The molecule has 0 aromatic heterocycles. The summed E-state index contributed by atoms with van der Waals surface area (Å²) in [6.45, 7) is 0. The number of nitrogens with zero attached hydrogens (tertiary/aromatic N) is 2. The van der Waals surface area contributed by atoms with E-state index in [1.54, 1.807) is 0 Å². The van der Waals surface area contributed by atoms with Gasteiger partial charge in [0.15, 0.2) is 0 Å². The van der Waals surface area contributed by atoms with Crippen LogP contribution in [0.2, 0.25) is 0 Å². The molecule has 202 valence electrons. The highest BCUT2D eigenvalue weighted by Gasteiger charge is 2.23. The summed E-state index contributed by atoms with van der Waals surface area (Å²) in [6, 6.07) is 39.9. The molecule has 0 atom stereocenters. The monoisotopic (exact) mass is 540 g/mol. The Morgan fingerprint density at radius 1 is 0.500 bits per heavy atom. The number of hydrogen-bond acceptors (Lipinski definition) is 2. The van der Waals surface area contributed by atoms with Crippen LogP contribution in [0.25, 0.3) is 32.3 Å². The molecule has 0 aliphatic heterocycles. The fourth-order valence-corrected chi connectivity index (χ4v) is 6.74. The highest BCUT2D eigenvalue weighted by Crippen LogP contribution is 2.46. The minimum atomic E-state index is 1.04. The van der Waals surface area contributed by atoms with Crippen molar-refractivity contribution in [3.05, 3.63) is 157 Å². The summed E-state index contributed by atoms with van der Waals surface area (Å²) in [4.78, 5) is 4.89. The highest BCUT2D eigenvalue weighted by atomic mass is 15.2. The average Bonchev–Trinajstić information content (AvgIpc) is 3.07. The van der Waals surface area contributed by atoms with Gasteiger partial charge in [0.2, 0.25) is 0 Å². The number of rotatable bonds is 6. The van der Waals surface area contributed by atoms with E-state index in [0.717, 1.165) is 37.1 Å². The maximum absolute atomic E-state index is 2.51. The lowest BCUT2D eigenvalue weighted by molar-refractivity contribution is 0.889. The van der Waals surface area contributed by atoms with Crippen molar-refractivity contribution in [3.63, 3.8) is 0 Å². The Kier molecular flexibility index (Phi) is 6.11. The van der Waals surface area contributed by atoms with Gasteiger partial charge in [-0.1, -0.05) is 97.1 Å². The summed E-state index contributed by atoms with van der Waals surface area (Å²) < 4.78 is 0. The summed E-state index contributed by atoms with van der Waals surface area (Å²) >= 11 is 0. The molecule has 0 amide bonds. The molecule has 6 aromatic carbocycles. The van der Waals surface area contributed by atoms with E-state index in [9.17, 15) is 0 Å². The molecule has 0 spiro atoms. The van der Waals surface area contributed by atoms with Gasteiger partial charge >= 0.3 is 0 Å². The van der Waals surface area contributed by atoms with Crippen molar-refractivity contribution in [1.29, 1.82) is 0 Å². The second-order valence-corrected chi connectivity index (χ2v) is 11.2. The third-order valence-corrected chi connectivity index (χ3v) is 8.64. The SMILES string of the molecule is C1=CCCC(N(C2=CCCC=C2)c2ccc3ccc4c(N(c5ccccc5)c5ccccc5)ccc5ccc2c3c54)=C1. The van der Waals surface area contributed by atoms with Crippen LogP contribution in [0.4, 0.5) is 22.7 Å². The first kappa shape index (κ1) is 24.7. The van der Waals surface area contributed by atoms with Crippen LogP contribution in [0.15, 0.2) is 157 Å². The predicted molar refractivity (Wildman–Crippen MR) is 180 cm³/mol. The van der Waals surface area contributed by atoms with Crippen molar-refractivity contribution in [2.45, 2.75) is 25.7 Å². The van der Waals surface area contributed by atoms with Gasteiger partial charge in [0.25, 0.3) is 0 Å². The topological polar surface area (TPSA) is 6.48 Å². The van der Waals surface area contributed by atoms with Crippen molar-refractivity contribution < 1.29 is 0 Å². The molecule has 0 heterocycles. The minimum absolute atomic E-state index is 1.04. The molecule has 0 N–H and O–H groups in total. The number of hydrogen-bond donors (Lipinski definition) is 0. The lowest BCUT2D eigenvalue weighted by Gasteiger charge is -2.32. The molecule has 0 fully saturated rings. The van der Waals surface area contributed by atoms with Crippen molar-refractivity contribution >= 4 is 55.1 Å². The second kappa shape index (κ2) is 10.4. The van der Waals surface area contributed by atoms with Crippen LogP contribution in [0.5, 0.6) is 0 Å². The smallest absolute Gasteiger partial charge is 0.0540 e. The zero-order valence-electron chi connectivity index (χ0n) is 23.6. The Bertz CT molecular complexity index is 1990. The van der Waals surface area contributed by atoms with Crippen LogP contribution < -0.4 is 9.80 Å². The largest absolute Gasteiger partial charge is 0.314 e. The Balaban J connectivity index is 1.40. The molecular weight excluding hydrogens is 508 g/mol. The van der Waals surface area contributed by atoms with E-state index in [-0.39, 0.29) is 0 Å². The van der Waals surface area contributed by atoms with E-state index in [1.165, 1.54) is 55.1 Å². The van der Waals surface area contributed by atoms with E-state index in [1.807, 2.05) is 0 Å². The molecule has 2 aliphatic rings. The van der Waals surface area contributed by atoms with Gasteiger partial charge in [0.05, 0.1) is 11.4 Å². The second-order valence-electron chi connectivity index (χ2n) is 11.2. The molecule has 0 bridgehead atoms. The quantitative estimate of drug-likeness (QED) is 0.194. The third-order valence-electron chi connectivity index (χ3n) is 8.64. The van der Waals surface area contributed by atoms with Gasteiger partial charge in [-0.25, -0.2) is 0 Å². The summed E-state index contributed by atoms with van der Waals surface area (Å²) in [5, 5.41) is 7.77. The van der Waals surface area contributed by atoms with E-state index in [4.69, 9.17) is 0 Å². The van der Waals surface area contributed by atoms with Crippen molar-refractivity contribution in [1.82, 2.24) is 0 Å². The Morgan fingerprint density at radius 3 is 1.64 bits per heavy atom. The number of benzene rings is 6. The van der Waals surface area contributed by atoms with Gasteiger partial charge in [-0.2, -0.15) is 0 Å². The standard InChI is InChI=1S/C40H32N2/c1-5-13-31(14-6-1)41(32-15-7-2-8-16-32)37-27-23-29-22-26-36-38(28-24-30-21-25-35(37)39(29)40(30)36)42(33-17-9-3-10-18-33)34-19-11-4-12-20-34/h1-3,5-9,11,13-17,19-28H,4,10,12,18H2. The van der Waals surface area contributed by atoms with Gasteiger partial charge in [-0.3, -0.25) is 0 Å². The molecule has 0 saturated heterocycles. The third kappa shape index (κ3) is 4.11. The van der Waals surface area contributed by atoms with Crippen molar-refractivity contribution in [3.8, 4) is 0 Å². The Labute approximate surface area is 247 Å². The van der Waals surface area contributed by atoms with Gasteiger partial charge in [-0.15, -0.1) is 0 Å². The first-order valence-electron chi connectivity index (χ1n) is 15.0. The first-order chi connectivity index (χ1) is 20.9. The Morgan fingerprint density at radius 2 is 1.10 bits per heavy atom. The van der Waals surface area contributed by atoms with Gasteiger partial charge in [-0.05, 0) is 95.8 Å². The maximum atomic E-state index is 2.51. The van der Waals surface area contributed by atoms with Crippen LogP contribution in [-0.2, 0) is 0 Å². The van der Waals surface area contributed by atoms with E-state index < -0.39 is 0 Å². The molecule has 0 unspecified atom stereocenters. The van der Waals surface area contributed by atoms with E-state index in [0.29, 0.717) is 0 Å². The predicted octanol–water partition coefficient (Wildman–Crippen LogP) is 11.3. The van der Waals surface area contributed by atoms with Crippen LogP contribution in [-0.4, -0.2) is 0 Å². The van der Waals surface area contributed by atoms with E-state index >= 15 is 0 Å². The molecule has 0 saturated carbocycles. The summed E-state index contributed by atoms with van der Waals surface area (Å²) in [5.74, 6) is 0. The lowest BCUT2D eigenvalue weighted by atomic mass is 9.91. The molecule has 8 rings (SSSR count). The van der Waals surface area contributed by atoms with Gasteiger partial charge in [0, 0.05) is 33.5 Å². The van der Waals surface area contributed by atoms with Gasteiger partial charge in [0.1, 0.15) is 0 Å². The van der Waals surface area contributed by atoms with Crippen molar-refractivity contribution in [2.75, 3.05) is 9.80 Å². The molecule has 2 nitrogen and oxygen atoms in total. The number of anilines is 4. The number of para-hydroxylation sites is 2. The summed E-state index contributed by atoms with van der Waals surface area (Å²) in [5.41, 5.74) is 7.38. The Hall–Kier alpha value is -5.08. The minimum Gasteiger partial charge on any atom is -0.314 e. The summed E-state index contributed by atoms with van der Waals surface area (Å²) in [7, 11) is 0. The fraction of sp³-hybridized carbons (Fsp3) is 0.100. The highest BCUT2D eigenvalue weighted by molar-refractivity contribution is 6.27. The van der Waals surface area contributed by atoms with Crippen LogP contribution in [0.3, 0.4) is 0 Å². The molecule has 42 heavy (non-hydrogen) atoms. The van der Waals surface area contributed by atoms with Gasteiger partial charge < -0.3 is 9.80 Å². The van der Waals surface area contributed by atoms with Crippen LogP contribution in [0, 0.1) is 0 Å². The van der Waals surface area contributed by atoms with Crippen LogP contribution in [0.1, 0.15) is 25.7 Å². The van der Waals surface area contributed by atoms with E-state index in [2.05, 4.69) is 155 Å². The molecule has 2 heteroatoms. The zero-order valence-corrected chi connectivity index (χ0v) is 23.6. The lowest BCUT2D eigenvalue weighted by Crippen LogP contribution is -2.22. The molecule has 0 radical (unpaired) electrons. The first-order valence-corrected chi connectivity index (χ1v) is 15.0. The number of allylic oxidation sites excluding steroid dienone is 7. The maximum Gasteiger partial charge on any atom is 0.0540 e. The van der Waals surface area contributed by atoms with Crippen LogP contribution >= 0.6 is 0 Å². The van der Waals surface area contributed by atoms with Crippen molar-refractivity contribution in [2.24, 2.45) is 0 Å². The normalized spacial score (nSPS) is 14.9. The average molecular weight is 541 g/mol. The summed E-state index contributed by atoms with van der Waals surface area (Å²) in [6.07, 6.45) is 18.1. The molecular formula is C40H32N2. The fourth-order valence-electron chi connectivity index (χ4n) is 6.74.